The summed E-state index contributed by atoms with van der Waals surface area (Å²) >= 11 is 0. The van der Waals surface area contributed by atoms with Crippen molar-refractivity contribution in [1.82, 2.24) is 15.1 Å². The summed E-state index contributed by atoms with van der Waals surface area (Å²) in [5, 5.41) is 12.6. The van der Waals surface area contributed by atoms with Crippen molar-refractivity contribution in [3.63, 3.8) is 0 Å². The van der Waals surface area contributed by atoms with Gasteiger partial charge in [0, 0.05) is 26.2 Å². The Morgan fingerprint density at radius 1 is 1.00 bits per heavy atom. The molecule has 1 saturated heterocycles. The van der Waals surface area contributed by atoms with Crippen LogP contribution >= 0.6 is 0 Å². The van der Waals surface area contributed by atoms with Gasteiger partial charge in [-0.15, -0.1) is 10.2 Å². The number of benzene rings is 1. The lowest BCUT2D eigenvalue weighted by atomic mass is 10.2. The van der Waals surface area contributed by atoms with Gasteiger partial charge in [-0.1, -0.05) is 30.3 Å². The Morgan fingerprint density at radius 2 is 1.77 bits per heavy atom. The number of rotatable bonds is 4. The van der Waals surface area contributed by atoms with Crippen LogP contribution in [0.4, 0.5) is 11.6 Å². The first-order valence-electron chi connectivity index (χ1n) is 7.42. The van der Waals surface area contributed by atoms with E-state index in [4.69, 9.17) is 0 Å². The number of nitrogens with zero attached hydrogens (tertiary/aromatic N) is 5. The second-order valence-corrected chi connectivity index (χ2v) is 5.35. The molecule has 0 aliphatic carbocycles. The molecule has 1 fully saturated rings. The molecule has 1 aromatic heterocycles. The van der Waals surface area contributed by atoms with Crippen molar-refractivity contribution in [1.29, 1.82) is 0 Å². The smallest absolute Gasteiger partial charge is 0.168 e. The van der Waals surface area contributed by atoms with Crippen molar-refractivity contribution in [2.75, 3.05) is 43.6 Å². The van der Waals surface area contributed by atoms with E-state index in [2.05, 4.69) is 37.6 Å². The van der Waals surface area contributed by atoms with E-state index >= 15 is 0 Å². The largest absolute Gasteiger partial charge is 0.353 e. The van der Waals surface area contributed by atoms with Crippen LogP contribution in [0.15, 0.2) is 47.6 Å². The van der Waals surface area contributed by atoms with Crippen LogP contribution in [0.5, 0.6) is 0 Å². The normalized spacial score (nSPS) is 16.1. The van der Waals surface area contributed by atoms with Crippen molar-refractivity contribution >= 4 is 17.9 Å². The Labute approximate surface area is 130 Å². The van der Waals surface area contributed by atoms with Gasteiger partial charge in [-0.05, 0) is 24.7 Å². The molecule has 0 atom stereocenters. The van der Waals surface area contributed by atoms with Gasteiger partial charge < -0.3 is 9.80 Å². The summed E-state index contributed by atoms with van der Waals surface area (Å²) in [6.45, 7) is 4.10. The quantitative estimate of drug-likeness (QED) is 0.687. The Balaban J connectivity index is 1.56. The van der Waals surface area contributed by atoms with Crippen molar-refractivity contribution in [3.8, 4) is 0 Å². The first kappa shape index (κ1) is 14.5. The SMILES string of the molecule is CN1CCN(c2ccc(NN=Cc3ccccc3)nn2)CC1. The van der Waals surface area contributed by atoms with Crippen LogP contribution in [0, 0.1) is 0 Å². The van der Waals surface area contributed by atoms with Gasteiger partial charge in [0.15, 0.2) is 11.6 Å². The highest BCUT2D eigenvalue weighted by molar-refractivity contribution is 5.79. The number of piperazine rings is 1. The van der Waals surface area contributed by atoms with E-state index in [-0.39, 0.29) is 0 Å². The lowest BCUT2D eigenvalue weighted by Gasteiger charge is -2.32. The summed E-state index contributed by atoms with van der Waals surface area (Å²) in [4.78, 5) is 4.57. The fourth-order valence-corrected chi connectivity index (χ4v) is 2.30. The number of anilines is 2. The van der Waals surface area contributed by atoms with Crippen molar-refractivity contribution in [3.05, 3.63) is 48.0 Å². The minimum Gasteiger partial charge on any atom is -0.353 e. The molecule has 22 heavy (non-hydrogen) atoms. The molecule has 2 heterocycles. The van der Waals surface area contributed by atoms with E-state index in [0.717, 1.165) is 37.6 Å². The summed E-state index contributed by atoms with van der Waals surface area (Å²) < 4.78 is 0. The first-order valence-corrected chi connectivity index (χ1v) is 7.42. The molecule has 6 heteroatoms. The third-order valence-electron chi connectivity index (χ3n) is 3.67. The molecular weight excluding hydrogens is 276 g/mol. The first-order chi connectivity index (χ1) is 10.8. The molecule has 1 N–H and O–H groups in total. The molecule has 0 saturated carbocycles. The number of likely N-dealkylation sites (N-methyl/N-ethyl adjacent to an activating group) is 1. The molecule has 6 nitrogen and oxygen atoms in total. The molecule has 3 rings (SSSR count). The molecule has 2 aromatic rings. The monoisotopic (exact) mass is 296 g/mol. The zero-order valence-corrected chi connectivity index (χ0v) is 12.7. The number of hydrogen-bond donors (Lipinski definition) is 1. The van der Waals surface area contributed by atoms with Crippen LogP contribution in [0.1, 0.15) is 5.56 Å². The Kier molecular flexibility index (Phi) is 4.60. The maximum Gasteiger partial charge on any atom is 0.168 e. The average Bonchev–Trinajstić information content (AvgIpc) is 2.57. The molecule has 0 bridgehead atoms. The van der Waals surface area contributed by atoms with E-state index in [0.29, 0.717) is 5.82 Å². The lowest BCUT2D eigenvalue weighted by molar-refractivity contribution is 0.312. The number of hydrogen-bond acceptors (Lipinski definition) is 6. The summed E-state index contributed by atoms with van der Waals surface area (Å²) in [6.07, 6.45) is 1.76. The topological polar surface area (TPSA) is 56.6 Å². The Hall–Kier alpha value is -2.47. The Bertz CT molecular complexity index is 602. The van der Waals surface area contributed by atoms with Gasteiger partial charge in [-0.25, -0.2) is 0 Å². The van der Waals surface area contributed by atoms with Gasteiger partial charge in [0.1, 0.15) is 0 Å². The van der Waals surface area contributed by atoms with E-state index in [1.165, 1.54) is 0 Å². The zero-order valence-electron chi connectivity index (χ0n) is 12.7. The summed E-state index contributed by atoms with van der Waals surface area (Å²) in [6, 6.07) is 13.8. The molecule has 114 valence electrons. The van der Waals surface area contributed by atoms with Gasteiger partial charge in [-0.3, -0.25) is 5.43 Å². The molecular formula is C16H20N6. The van der Waals surface area contributed by atoms with E-state index in [1.54, 1.807) is 6.21 Å². The predicted molar refractivity (Wildman–Crippen MR) is 89.4 cm³/mol. The highest BCUT2D eigenvalue weighted by Crippen LogP contribution is 2.13. The van der Waals surface area contributed by atoms with Crippen LogP contribution in [-0.2, 0) is 0 Å². The predicted octanol–water partition coefficient (Wildman–Crippen LogP) is 1.67. The van der Waals surface area contributed by atoms with E-state index in [1.807, 2.05) is 42.5 Å². The van der Waals surface area contributed by atoms with Gasteiger partial charge in [0.05, 0.1) is 6.21 Å². The minimum absolute atomic E-state index is 0.644. The maximum atomic E-state index is 4.27. The average molecular weight is 296 g/mol. The van der Waals surface area contributed by atoms with E-state index in [9.17, 15) is 0 Å². The van der Waals surface area contributed by atoms with Gasteiger partial charge in [0.25, 0.3) is 0 Å². The third-order valence-corrected chi connectivity index (χ3v) is 3.67. The van der Waals surface area contributed by atoms with Crippen LogP contribution in [0.2, 0.25) is 0 Å². The molecule has 1 aliphatic heterocycles. The van der Waals surface area contributed by atoms with Crippen LogP contribution < -0.4 is 10.3 Å². The minimum atomic E-state index is 0.644. The summed E-state index contributed by atoms with van der Waals surface area (Å²) in [5.74, 6) is 1.57. The van der Waals surface area contributed by atoms with Crippen molar-refractivity contribution < 1.29 is 0 Å². The molecule has 0 unspecified atom stereocenters. The molecule has 0 spiro atoms. The molecule has 1 aliphatic rings. The van der Waals surface area contributed by atoms with Gasteiger partial charge in [0.2, 0.25) is 0 Å². The van der Waals surface area contributed by atoms with Crippen LogP contribution in [0.25, 0.3) is 0 Å². The highest BCUT2D eigenvalue weighted by Gasteiger charge is 2.15. The second-order valence-electron chi connectivity index (χ2n) is 5.35. The number of nitrogens with one attached hydrogen (secondary N) is 1. The van der Waals surface area contributed by atoms with Crippen LogP contribution in [0.3, 0.4) is 0 Å². The van der Waals surface area contributed by atoms with Gasteiger partial charge in [-0.2, -0.15) is 5.10 Å². The molecule has 1 aromatic carbocycles. The summed E-state index contributed by atoms with van der Waals surface area (Å²) in [5.41, 5.74) is 3.94. The standard InChI is InChI=1S/C16H20N6/c1-21-9-11-22(12-10-21)16-8-7-15(19-20-16)18-17-13-14-5-3-2-4-6-14/h2-8,13H,9-12H2,1H3,(H,18,19). The fraction of sp³-hybridized carbons (Fsp3) is 0.312. The maximum absolute atomic E-state index is 4.27. The fourth-order valence-electron chi connectivity index (χ4n) is 2.30. The van der Waals surface area contributed by atoms with E-state index < -0.39 is 0 Å². The third kappa shape index (κ3) is 3.79. The highest BCUT2D eigenvalue weighted by atomic mass is 15.4. The lowest BCUT2D eigenvalue weighted by Crippen LogP contribution is -2.44. The number of hydrazone groups is 1. The van der Waals surface area contributed by atoms with Gasteiger partial charge >= 0.3 is 0 Å². The molecule has 0 radical (unpaired) electrons. The van der Waals surface area contributed by atoms with Crippen molar-refractivity contribution in [2.45, 2.75) is 0 Å². The van der Waals surface area contributed by atoms with Crippen molar-refractivity contribution in [2.24, 2.45) is 5.10 Å². The van der Waals surface area contributed by atoms with Crippen LogP contribution in [-0.4, -0.2) is 54.5 Å². The Morgan fingerprint density at radius 3 is 2.45 bits per heavy atom. The molecule has 0 amide bonds. The number of aromatic nitrogens is 2. The summed E-state index contributed by atoms with van der Waals surface area (Å²) in [7, 11) is 2.14. The second kappa shape index (κ2) is 7.00. The zero-order chi connectivity index (χ0) is 15.2.